The average Bonchev–Trinajstić information content (AvgIpc) is 2.46. The highest BCUT2D eigenvalue weighted by molar-refractivity contribution is 5.10. The van der Waals surface area contributed by atoms with Gasteiger partial charge in [0.1, 0.15) is 5.83 Å². The van der Waals surface area contributed by atoms with Crippen molar-refractivity contribution in [2.24, 2.45) is 0 Å². The summed E-state index contributed by atoms with van der Waals surface area (Å²) >= 11 is 0. The molecule has 0 aromatic rings. The molecule has 0 spiro atoms. The summed E-state index contributed by atoms with van der Waals surface area (Å²) in [6.07, 6.45) is 19.7. The predicted molar refractivity (Wildman–Crippen MR) is 86.5 cm³/mol. The zero-order valence-electron chi connectivity index (χ0n) is 13.2. The van der Waals surface area contributed by atoms with Gasteiger partial charge in [0.2, 0.25) is 0 Å². The second-order valence-corrected chi connectivity index (χ2v) is 5.50. The Kier molecular flexibility index (Phi) is 15.9. The van der Waals surface area contributed by atoms with E-state index in [4.69, 9.17) is 5.11 Å². The highest BCUT2D eigenvalue weighted by Gasteiger charge is 1.93. The van der Waals surface area contributed by atoms with Crippen LogP contribution in [0.4, 0.5) is 4.39 Å². The van der Waals surface area contributed by atoms with Crippen LogP contribution in [0.25, 0.3) is 0 Å². The van der Waals surface area contributed by atoms with Crippen molar-refractivity contribution in [1.82, 2.24) is 0 Å². The maximum Gasteiger partial charge on any atom is 0.118 e. The van der Waals surface area contributed by atoms with E-state index in [1.807, 2.05) is 0 Å². The molecular formula is C18H33FO. The summed E-state index contributed by atoms with van der Waals surface area (Å²) in [6.45, 7) is 2.16. The summed E-state index contributed by atoms with van der Waals surface area (Å²) in [5.74, 6) is -0.230. The SMILES string of the molecule is CCCCCCCCCCCCC/C=C(F)/C=C/CO. The van der Waals surface area contributed by atoms with Gasteiger partial charge in [0.05, 0.1) is 6.61 Å². The zero-order chi connectivity index (χ0) is 14.9. The van der Waals surface area contributed by atoms with Gasteiger partial charge >= 0.3 is 0 Å². The lowest BCUT2D eigenvalue weighted by molar-refractivity contribution is 0.342. The lowest BCUT2D eigenvalue weighted by atomic mass is 10.1. The van der Waals surface area contributed by atoms with Gasteiger partial charge in [-0.05, 0) is 25.0 Å². The van der Waals surface area contributed by atoms with E-state index in [9.17, 15) is 4.39 Å². The first kappa shape index (κ1) is 19.4. The van der Waals surface area contributed by atoms with E-state index in [-0.39, 0.29) is 12.4 Å². The second-order valence-electron chi connectivity index (χ2n) is 5.50. The summed E-state index contributed by atoms with van der Waals surface area (Å²) in [5.41, 5.74) is 0. The molecule has 1 N–H and O–H groups in total. The average molecular weight is 284 g/mol. The van der Waals surface area contributed by atoms with Crippen LogP contribution >= 0.6 is 0 Å². The Balaban J connectivity index is 3.19. The molecule has 0 atom stereocenters. The lowest BCUT2D eigenvalue weighted by Gasteiger charge is -2.01. The largest absolute Gasteiger partial charge is 0.392 e. The highest BCUT2D eigenvalue weighted by atomic mass is 19.1. The standard InChI is InChI=1S/C18H33FO/c1-2-3-4-5-6-7-8-9-10-11-12-13-15-18(19)16-14-17-20/h14-16,20H,2-13,17H2,1H3/b16-14+,18-15-. The van der Waals surface area contributed by atoms with Crippen molar-refractivity contribution in [3.63, 3.8) is 0 Å². The van der Waals surface area contributed by atoms with Crippen molar-refractivity contribution in [3.8, 4) is 0 Å². The molecule has 0 saturated heterocycles. The Hall–Kier alpha value is -0.630. The van der Waals surface area contributed by atoms with Gasteiger partial charge in [0.15, 0.2) is 0 Å². The first-order valence-electron chi connectivity index (χ1n) is 8.44. The second kappa shape index (κ2) is 16.4. The summed E-state index contributed by atoms with van der Waals surface area (Å²) in [5, 5.41) is 8.51. The van der Waals surface area contributed by atoms with Crippen molar-refractivity contribution in [1.29, 1.82) is 0 Å². The summed E-state index contributed by atoms with van der Waals surface area (Å²) in [4.78, 5) is 0. The molecule has 0 fully saturated rings. The van der Waals surface area contributed by atoms with Crippen molar-refractivity contribution in [2.75, 3.05) is 6.61 Å². The quantitative estimate of drug-likeness (QED) is 0.302. The van der Waals surface area contributed by atoms with Gasteiger partial charge in [-0.2, -0.15) is 0 Å². The number of halogens is 1. The van der Waals surface area contributed by atoms with E-state index in [0.29, 0.717) is 0 Å². The first-order valence-corrected chi connectivity index (χ1v) is 8.44. The number of rotatable bonds is 14. The van der Waals surface area contributed by atoms with Crippen LogP contribution in [0, 0.1) is 0 Å². The van der Waals surface area contributed by atoms with Crippen LogP contribution in [0.15, 0.2) is 24.1 Å². The van der Waals surface area contributed by atoms with E-state index in [0.717, 1.165) is 12.8 Å². The molecule has 0 saturated carbocycles. The number of hydrogen-bond donors (Lipinski definition) is 1. The third-order valence-electron chi connectivity index (χ3n) is 3.53. The fourth-order valence-electron chi connectivity index (χ4n) is 2.28. The van der Waals surface area contributed by atoms with Gasteiger partial charge in [0, 0.05) is 0 Å². The number of unbranched alkanes of at least 4 members (excludes halogenated alkanes) is 11. The van der Waals surface area contributed by atoms with Gasteiger partial charge in [-0.25, -0.2) is 4.39 Å². The summed E-state index contributed by atoms with van der Waals surface area (Å²) < 4.78 is 13.1. The fraction of sp³-hybridized carbons (Fsp3) is 0.778. The van der Waals surface area contributed by atoms with Gasteiger partial charge in [0.25, 0.3) is 0 Å². The van der Waals surface area contributed by atoms with Gasteiger partial charge in [-0.3, -0.25) is 0 Å². The van der Waals surface area contributed by atoms with Crippen molar-refractivity contribution < 1.29 is 9.50 Å². The highest BCUT2D eigenvalue weighted by Crippen LogP contribution is 2.12. The molecule has 1 nitrogen and oxygen atoms in total. The molecule has 0 aliphatic heterocycles. The smallest absolute Gasteiger partial charge is 0.118 e. The monoisotopic (exact) mass is 284 g/mol. The molecule has 0 heterocycles. The maximum atomic E-state index is 13.1. The van der Waals surface area contributed by atoms with Crippen LogP contribution in [0.5, 0.6) is 0 Å². The molecule has 0 amide bonds. The van der Waals surface area contributed by atoms with E-state index >= 15 is 0 Å². The molecule has 0 rings (SSSR count). The fourth-order valence-corrected chi connectivity index (χ4v) is 2.28. The minimum absolute atomic E-state index is 0.0975. The third-order valence-corrected chi connectivity index (χ3v) is 3.53. The van der Waals surface area contributed by atoms with Crippen LogP contribution in [0.3, 0.4) is 0 Å². The Morgan fingerprint density at radius 1 is 0.850 bits per heavy atom. The Morgan fingerprint density at radius 3 is 1.85 bits per heavy atom. The predicted octanol–water partition coefficient (Wildman–Crippen LogP) is 6.09. The molecule has 20 heavy (non-hydrogen) atoms. The number of aliphatic hydroxyl groups excluding tert-OH is 1. The van der Waals surface area contributed by atoms with E-state index < -0.39 is 0 Å². The minimum atomic E-state index is -0.230. The molecule has 0 aromatic heterocycles. The number of allylic oxidation sites excluding steroid dienone is 3. The molecule has 0 aliphatic rings. The Labute approximate surface area is 125 Å². The normalized spacial score (nSPS) is 12.4. The van der Waals surface area contributed by atoms with Crippen LogP contribution in [-0.2, 0) is 0 Å². The molecule has 0 radical (unpaired) electrons. The zero-order valence-corrected chi connectivity index (χ0v) is 13.2. The van der Waals surface area contributed by atoms with Crippen LogP contribution in [0.1, 0.15) is 84.0 Å². The molecule has 118 valence electrons. The number of aliphatic hydroxyl groups is 1. The topological polar surface area (TPSA) is 20.2 Å². The Morgan fingerprint density at radius 2 is 1.35 bits per heavy atom. The summed E-state index contributed by atoms with van der Waals surface area (Å²) in [6, 6.07) is 0. The van der Waals surface area contributed by atoms with Gasteiger partial charge < -0.3 is 5.11 Å². The molecule has 0 bridgehead atoms. The van der Waals surface area contributed by atoms with Crippen molar-refractivity contribution >= 4 is 0 Å². The summed E-state index contributed by atoms with van der Waals surface area (Å²) in [7, 11) is 0. The van der Waals surface area contributed by atoms with Crippen LogP contribution in [0.2, 0.25) is 0 Å². The van der Waals surface area contributed by atoms with E-state index in [2.05, 4.69) is 6.92 Å². The molecule has 2 heteroatoms. The van der Waals surface area contributed by atoms with Crippen molar-refractivity contribution in [3.05, 3.63) is 24.1 Å². The van der Waals surface area contributed by atoms with Gasteiger partial charge in [-0.15, -0.1) is 0 Å². The van der Waals surface area contributed by atoms with Crippen molar-refractivity contribution in [2.45, 2.75) is 84.0 Å². The molecular weight excluding hydrogens is 251 g/mol. The van der Waals surface area contributed by atoms with Crippen LogP contribution < -0.4 is 0 Å². The minimum Gasteiger partial charge on any atom is -0.392 e. The first-order chi connectivity index (χ1) is 9.81. The maximum absolute atomic E-state index is 13.1. The molecule has 0 unspecified atom stereocenters. The molecule has 0 aromatic carbocycles. The van der Waals surface area contributed by atoms with Crippen LogP contribution in [-0.4, -0.2) is 11.7 Å². The van der Waals surface area contributed by atoms with Gasteiger partial charge in [-0.1, -0.05) is 77.2 Å². The molecule has 0 aliphatic carbocycles. The third kappa shape index (κ3) is 15.4. The number of hydrogen-bond acceptors (Lipinski definition) is 1. The lowest BCUT2D eigenvalue weighted by Crippen LogP contribution is -1.82. The van der Waals surface area contributed by atoms with E-state index in [1.54, 1.807) is 6.08 Å². The van der Waals surface area contributed by atoms with E-state index in [1.165, 1.54) is 76.4 Å². The Bertz CT molecular complexity index is 246.